The highest BCUT2D eigenvalue weighted by atomic mass is 32.2. The van der Waals surface area contributed by atoms with Gasteiger partial charge in [0, 0.05) is 30.4 Å². The fourth-order valence-electron chi connectivity index (χ4n) is 3.11. The van der Waals surface area contributed by atoms with E-state index in [0.29, 0.717) is 0 Å². The zero-order chi connectivity index (χ0) is 10.7. The van der Waals surface area contributed by atoms with E-state index in [1.54, 1.807) is 0 Å². The molecule has 0 amide bonds. The molecule has 0 aromatic heterocycles. The third-order valence-corrected chi connectivity index (χ3v) is 5.09. The van der Waals surface area contributed by atoms with Gasteiger partial charge in [-0.05, 0) is 32.1 Å². The van der Waals surface area contributed by atoms with Gasteiger partial charge in [-0.15, -0.1) is 0 Å². The van der Waals surface area contributed by atoms with Gasteiger partial charge in [-0.25, -0.2) is 0 Å². The van der Waals surface area contributed by atoms with Crippen LogP contribution >= 0.6 is 11.8 Å². The number of hydrogen-bond acceptors (Lipinski definition) is 3. The summed E-state index contributed by atoms with van der Waals surface area (Å²) in [4.78, 5) is 2.80. The second-order valence-corrected chi connectivity index (χ2v) is 5.87. The lowest BCUT2D eigenvalue weighted by Gasteiger charge is -2.41. The van der Waals surface area contributed by atoms with Gasteiger partial charge < -0.3 is 5.32 Å². The molecule has 2 aliphatic heterocycles. The molecule has 3 atom stereocenters. The second kappa shape index (κ2) is 5.55. The van der Waals surface area contributed by atoms with Crippen LogP contribution in [0.3, 0.4) is 0 Å². The van der Waals surface area contributed by atoms with E-state index in [2.05, 4.69) is 23.4 Å². The van der Waals surface area contributed by atoms with Crippen molar-refractivity contribution in [3.63, 3.8) is 0 Å². The molecule has 2 heterocycles. The van der Waals surface area contributed by atoms with Gasteiger partial charge in [-0.2, -0.15) is 11.8 Å². The molecule has 0 radical (unpaired) electrons. The average molecular weight is 228 g/mol. The molecule has 0 aromatic rings. The highest BCUT2D eigenvalue weighted by Gasteiger charge is 2.35. The third kappa shape index (κ3) is 2.51. The maximum Gasteiger partial charge on any atom is 0.0354 e. The van der Waals surface area contributed by atoms with Crippen molar-refractivity contribution in [2.45, 2.75) is 49.9 Å². The van der Waals surface area contributed by atoms with E-state index in [1.165, 1.54) is 45.3 Å². The van der Waals surface area contributed by atoms with Crippen LogP contribution in [0.1, 0.15) is 32.6 Å². The Hall–Kier alpha value is 0.270. The van der Waals surface area contributed by atoms with Crippen molar-refractivity contribution in [2.75, 3.05) is 25.9 Å². The van der Waals surface area contributed by atoms with Crippen LogP contribution in [0.25, 0.3) is 0 Å². The van der Waals surface area contributed by atoms with E-state index in [9.17, 15) is 0 Å². The number of hydrogen-bond donors (Lipinski definition) is 1. The van der Waals surface area contributed by atoms with Crippen molar-refractivity contribution in [2.24, 2.45) is 0 Å². The fourth-order valence-corrected chi connectivity index (χ4v) is 3.96. The first kappa shape index (κ1) is 11.7. The molecule has 2 rings (SSSR count). The molecule has 88 valence electrons. The summed E-state index contributed by atoms with van der Waals surface area (Å²) < 4.78 is 0. The number of rotatable bonds is 3. The van der Waals surface area contributed by atoms with Crippen LogP contribution < -0.4 is 5.32 Å². The largest absolute Gasteiger partial charge is 0.314 e. The normalized spacial score (nSPS) is 38.4. The number of nitrogens with zero attached hydrogens (tertiary/aromatic N) is 1. The van der Waals surface area contributed by atoms with Crippen molar-refractivity contribution >= 4 is 11.8 Å². The van der Waals surface area contributed by atoms with Crippen molar-refractivity contribution in [3.8, 4) is 0 Å². The van der Waals surface area contributed by atoms with Gasteiger partial charge in [-0.3, -0.25) is 4.90 Å². The first-order valence-electron chi connectivity index (χ1n) is 6.36. The molecule has 3 unspecified atom stereocenters. The molecule has 0 spiro atoms. The maximum atomic E-state index is 3.55. The quantitative estimate of drug-likeness (QED) is 0.795. The number of nitrogens with one attached hydrogen (secondary N) is 1. The summed E-state index contributed by atoms with van der Waals surface area (Å²) in [5, 5.41) is 4.37. The van der Waals surface area contributed by atoms with Crippen LogP contribution in [-0.2, 0) is 0 Å². The van der Waals surface area contributed by atoms with Gasteiger partial charge in [0.15, 0.2) is 0 Å². The van der Waals surface area contributed by atoms with E-state index < -0.39 is 0 Å². The van der Waals surface area contributed by atoms with Gasteiger partial charge in [-0.1, -0.05) is 13.3 Å². The molecule has 2 fully saturated rings. The zero-order valence-corrected chi connectivity index (χ0v) is 10.9. The lowest BCUT2D eigenvalue weighted by Crippen LogP contribution is -2.50. The van der Waals surface area contributed by atoms with E-state index in [-0.39, 0.29) is 0 Å². The van der Waals surface area contributed by atoms with Crippen molar-refractivity contribution in [1.82, 2.24) is 10.2 Å². The molecular formula is C12H24N2S. The molecule has 15 heavy (non-hydrogen) atoms. The Kier molecular flexibility index (Phi) is 4.35. The minimum absolute atomic E-state index is 0.797. The van der Waals surface area contributed by atoms with Gasteiger partial charge in [0.1, 0.15) is 0 Å². The Morgan fingerprint density at radius 3 is 2.93 bits per heavy atom. The predicted octanol–water partition coefficient (Wildman–Crippen LogP) is 1.95. The molecule has 0 saturated carbocycles. The Labute approximate surface area is 98.2 Å². The molecule has 1 N–H and O–H groups in total. The van der Waals surface area contributed by atoms with E-state index in [0.717, 1.165) is 17.3 Å². The summed E-state index contributed by atoms with van der Waals surface area (Å²) in [6, 6.07) is 1.66. The zero-order valence-electron chi connectivity index (χ0n) is 10.0. The number of thioether (sulfide) groups is 1. The van der Waals surface area contributed by atoms with Crippen LogP contribution in [0.5, 0.6) is 0 Å². The van der Waals surface area contributed by atoms with Gasteiger partial charge in [0.2, 0.25) is 0 Å². The van der Waals surface area contributed by atoms with Crippen molar-refractivity contribution in [3.05, 3.63) is 0 Å². The first-order chi connectivity index (χ1) is 7.36. The first-order valence-corrected chi connectivity index (χ1v) is 7.65. The molecule has 2 nitrogen and oxygen atoms in total. The summed E-state index contributed by atoms with van der Waals surface area (Å²) in [7, 11) is 0. The summed E-state index contributed by atoms with van der Waals surface area (Å²) in [5.41, 5.74) is 0. The van der Waals surface area contributed by atoms with Crippen molar-refractivity contribution in [1.29, 1.82) is 0 Å². The Bertz CT molecular complexity index is 198. The molecule has 0 aliphatic carbocycles. The van der Waals surface area contributed by atoms with Crippen LogP contribution in [0.4, 0.5) is 0 Å². The van der Waals surface area contributed by atoms with Crippen LogP contribution in [0, 0.1) is 0 Å². The van der Waals surface area contributed by atoms with Crippen molar-refractivity contribution < 1.29 is 0 Å². The Morgan fingerprint density at radius 1 is 1.33 bits per heavy atom. The number of likely N-dealkylation sites (tertiary alicyclic amines) is 1. The summed E-state index contributed by atoms with van der Waals surface area (Å²) in [5.74, 6) is 0. The predicted molar refractivity (Wildman–Crippen MR) is 68.6 cm³/mol. The minimum Gasteiger partial charge on any atom is -0.314 e. The molecule has 0 aromatic carbocycles. The monoisotopic (exact) mass is 228 g/mol. The van der Waals surface area contributed by atoms with E-state index in [4.69, 9.17) is 0 Å². The standard InChI is InChI=1S/C12H24N2S/c1-3-10-6-4-5-7-14(10)11-8-13-9-12(11)15-2/h10-13H,3-9H2,1-2H3. The highest BCUT2D eigenvalue weighted by Crippen LogP contribution is 2.28. The van der Waals surface area contributed by atoms with Crippen LogP contribution in [0.15, 0.2) is 0 Å². The highest BCUT2D eigenvalue weighted by molar-refractivity contribution is 7.99. The summed E-state index contributed by atoms with van der Waals surface area (Å²) >= 11 is 2.04. The van der Waals surface area contributed by atoms with Gasteiger partial charge in [0.25, 0.3) is 0 Å². The minimum atomic E-state index is 0.797. The molecule has 2 aliphatic rings. The molecule has 3 heteroatoms. The lowest BCUT2D eigenvalue weighted by atomic mass is 9.97. The Morgan fingerprint density at radius 2 is 2.20 bits per heavy atom. The van der Waals surface area contributed by atoms with E-state index >= 15 is 0 Å². The fraction of sp³-hybridized carbons (Fsp3) is 1.00. The molecule has 0 bridgehead atoms. The lowest BCUT2D eigenvalue weighted by molar-refractivity contribution is 0.103. The SMILES string of the molecule is CCC1CCCCN1C1CNCC1SC. The van der Waals surface area contributed by atoms with E-state index in [1.807, 2.05) is 11.8 Å². The smallest absolute Gasteiger partial charge is 0.0354 e. The third-order valence-electron chi connectivity index (χ3n) is 4.00. The van der Waals surface area contributed by atoms with Crippen LogP contribution in [0.2, 0.25) is 0 Å². The topological polar surface area (TPSA) is 15.3 Å². The van der Waals surface area contributed by atoms with Gasteiger partial charge >= 0.3 is 0 Å². The maximum absolute atomic E-state index is 3.55. The van der Waals surface area contributed by atoms with Crippen LogP contribution in [-0.4, -0.2) is 48.1 Å². The summed E-state index contributed by atoms with van der Waals surface area (Å²) in [6.07, 6.45) is 7.87. The molecule has 2 saturated heterocycles. The Balaban J connectivity index is 1.99. The second-order valence-electron chi connectivity index (χ2n) is 4.80. The van der Waals surface area contributed by atoms with Gasteiger partial charge in [0.05, 0.1) is 0 Å². The molecular weight excluding hydrogens is 204 g/mol. The summed E-state index contributed by atoms with van der Waals surface area (Å²) in [6.45, 7) is 6.10. The average Bonchev–Trinajstić information content (AvgIpc) is 2.76. The number of piperidine rings is 1.